The molecule has 0 saturated heterocycles. The van der Waals surface area contributed by atoms with Crippen LogP contribution >= 0.6 is 0 Å². The lowest BCUT2D eigenvalue weighted by atomic mass is 10.0. The lowest BCUT2D eigenvalue weighted by Crippen LogP contribution is -2.30. The van der Waals surface area contributed by atoms with E-state index in [1.165, 1.54) is 13.2 Å². The summed E-state index contributed by atoms with van der Waals surface area (Å²) in [7, 11) is -3.02. The van der Waals surface area contributed by atoms with E-state index in [9.17, 15) is 28.4 Å². The Balaban J connectivity index is 2.13. The van der Waals surface area contributed by atoms with Gasteiger partial charge in [0.05, 0.1) is 22.5 Å². The predicted octanol–water partition coefficient (Wildman–Crippen LogP) is 2.72. The summed E-state index contributed by atoms with van der Waals surface area (Å²) in [4.78, 5) is 24.8. The summed E-state index contributed by atoms with van der Waals surface area (Å²) in [6, 6.07) is 10.5. The topological polar surface area (TPSA) is 164 Å². The Kier molecular flexibility index (Phi) is 7.05. The number of ether oxygens (including phenoxy) is 1. The minimum atomic E-state index is -4.20. The number of aryl methyl sites for hydroxylation is 1. The predicted molar refractivity (Wildman–Crippen MR) is 105 cm³/mol. The molecule has 0 fully saturated rings. The summed E-state index contributed by atoms with van der Waals surface area (Å²) in [6.07, 6.45) is -0.177. The lowest BCUT2D eigenvalue weighted by Gasteiger charge is -2.08. The highest BCUT2D eigenvalue weighted by Crippen LogP contribution is 2.24. The normalized spacial score (nSPS) is 11.7. The van der Waals surface area contributed by atoms with Gasteiger partial charge in [-0.1, -0.05) is 18.2 Å². The lowest BCUT2D eigenvalue weighted by molar-refractivity contribution is -0.384. The van der Waals surface area contributed by atoms with Crippen molar-refractivity contribution in [2.45, 2.75) is 17.7 Å². The minimum Gasteiger partial charge on any atom is -0.475 e. The molecule has 0 atom stereocenters. The average Bonchev–Trinajstić information content (AvgIpc) is 2.73. The summed E-state index contributed by atoms with van der Waals surface area (Å²) in [6.45, 7) is 0. The van der Waals surface area contributed by atoms with Crippen LogP contribution in [0.4, 0.5) is 5.69 Å². The molecule has 0 aliphatic carbocycles. The van der Waals surface area contributed by atoms with Crippen LogP contribution < -0.4 is 4.72 Å². The number of methoxy groups -OCH3 is 1. The van der Waals surface area contributed by atoms with Gasteiger partial charge >= 0.3 is 11.6 Å². The largest absolute Gasteiger partial charge is 0.475 e. The van der Waals surface area contributed by atoms with Gasteiger partial charge in [0.15, 0.2) is 4.98 Å². The second kappa shape index (κ2) is 9.48. The van der Waals surface area contributed by atoms with Crippen molar-refractivity contribution < 1.29 is 28.0 Å². The van der Waals surface area contributed by atoms with E-state index in [2.05, 4.69) is 9.71 Å². The molecule has 0 aliphatic heterocycles. The van der Waals surface area contributed by atoms with Crippen molar-refractivity contribution in [1.29, 1.82) is 5.39 Å². The third kappa shape index (κ3) is 5.30. The first-order valence-electron chi connectivity index (χ1n) is 8.40. The monoisotopic (exact) mass is 433 g/mol. The zero-order chi connectivity index (χ0) is 22.3. The summed E-state index contributed by atoms with van der Waals surface area (Å²) < 4.78 is 31.1. The molecule has 2 aromatic carbocycles. The molecule has 0 saturated carbocycles. The first-order chi connectivity index (χ1) is 14.2. The Morgan fingerprint density at radius 2 is 1.87 bits per heavy atom. The van der Waals surface area contributed by atoms with Crippen LogP contribution in [0.5, 0.6) is 0 Å². The van der Waals surface area contributed by atoms with Crippen LogP contribution in [0.1, 0.15) is 17.5 Å². The van der Waals surface area contributed by atoms with Crippen LogP contribution in [0.3, 0.4) is 0 Å². The highest BCUT2D eigenvalue weighted by molar-refractivity contribution is 7.90. The van der Waals surface area contributed by atoms with Crippen LogP contribution in [0.25, 0.3) is 10.7 Å². The van der Waals surface area contributed by atoms with Gasteiger partial charge in [-0.15, -0.1) is 0 Å². The summed E-state index contributed by atoms with van der Waals surface area (Å²) in [5.74, 6) is -1.44. The standard InChI is InChI=1S/C18H16N4O7S/c1-29-18(24)17(20-19)15-5-3-2-4-12(15)6-11-16(23)21-30(27,28)14-9-7-13(8-10-14)22(25)26/h2-5,7-10H,6,11H2,1H3,(H-,21,23,24)/p+1/b18-17-. The zero-order valence-corrected chi connectivity index (χ0v) is 16.5. The van der Waals surface area contributed by atoms with Crippen LogP contribution in [-0.4, -0.2) is 31.5 Å². The molecule has 0 radical (unpaired) electrons. The number of carbonyl (C=O) groups excluding carboxylic acids is 1. The number of aliphatic hydroxyl groups is 1. The highest BCUT2D eigenvalue weighted by atomic mass is 32.2. The number of benzene rings is 2. The second-order valence-electron chi connectivity index (χ2n) is 5.89. The van der Waals surface area contributed by atoms with Crippen LogP contribution in [0, 0.1) is 15.5 Å². The van der Waals surface area contributed by atoms with Crippen molar-refractivity contribution in [3.8, 4) is 0 Å². The zero-order valence-electron chi connectivity index (χ0n) is 15.7. The number of rotatable bonds is 8. The molecule has 0 unspecified atom stereocenters. The van der Waals surface area contributed by atoms with E-state index in [-0.39, 0.29) is 29.1 Å². The molecule has 12 heteroatoms. The smallest absolute Gasteiger partial charge is 0.471 e. The van der Waals surface area contributed by atoms with Gasteiger partial charge in [-0.3, -0.25) is 14.9 Å². The first kappa shape index (κ1) is 22.3. The minimum absolute atomic E-state index is 0.0633. The van der Waals surface area contributed by atoms with Crippen molar-refractivity contribution in [3.63, 3.8) is 0 Å². The van der Waals surface area contributed by atoms with Gasteiger partial charge in [0.2, 0.25) is 11.3 Å². The van der Waals surface area contributed by atoms with E-state index in [0.29, 0.717) is 11.1 Å². The quantitative estimate of drug-likeness (QED) is 0.278. The van der Waals surface area contributed by atoms with Crippen molar-refractivity contribution in [1.82, 2.24) is 4.72 Å². The fourth-order valence-corrected chi connectivity index (χ4v) is 3.55. The number of hydrogen-bond donors (Lipinski definition) is 2. The molecule has 11 nitrogen and oxygen atoms in total. The van der Waals surface area contributed by atoms with Crippen molar-refractivity contribution in [2.24, 2.45) is 0 Å². The van der Waals surface area contributed by atoms with Crippen molar-refractivity contribution in [3.05, 3.63) is 80.7 Å². The van der Waals surface area contributed by atoms with Gasteiger partial charge < -0.3 is 9.84 Å². The van der Waals surface area contributed by atoms with Crippen molar-refractivity contribution in [2.75, 3.05) is 7.11 Å². The second-order valence-corrected chi connectivity index (χ2v) is 7.58. The summed E-state index contributed by atoms with van der Waals surface area (Å²) in [5, 5.41) is 29.5. The Labute approximate surface area is 171 Å². The first-order valence-corrected chi connectivity index (χ1v) is 9.88. The molecule has 30 heavy (non-hydrogen) atoms. The molecule has 0 spiro atoms. The Bertz CT molecular complexity index is 1140. The van der Waals surface area contributed by atoms with Crippen LogP contribution in [0.2, 0.25) is 0 Å². The number of nitro benzene ring substituents is 1. The molecule has 156 valence electrons. The SMILES string of the molecule is CO/C(O)=C(\[N+]#N)c1ccccc1CCC(=O)NS(=O)(=O)c1ccc([N+](=O)[O-])cc1. The molecule has 2 rings (SSSR count). The van der Waals surface area contributed by atoms with E-state index in [4.69, 9.17) is 5.39 Å². The molecule has 0 heterocycles. The number of amides is 1. The van der Waals surface area contributed by atoms with Gasteiger partial charge in [-0.05, 0) is 30.2 Å². The summed E-state index contributed by atoms with van der Waals surface area (Å²) >= 11 is 0. The third-order valence-electron chi connectivity index (χ3n) is 4.00. The fourth-order valence-electron chi connectivity index (χ4n) is 2.53. The van der Waals surface area contributed by atoms with Gasteiger partial charge in [-0.25, -0.2) is 13.1 Å². The van der Waals surface area contributed by atoms with E-state index in [0.717, 1.165) is 24.3 Å². The third-order valence-corrected chi connectivity index (χ3v) is 5.39. The molecule has 1 amide bonds. The van der Waals surface area contributed by atoms with Crippen LogP contribution in [-0.2, 0) is 26.0 Å². The average molecular weight is 433 g/mol. The molecule has 2 aromatic rings. The van der Waals surface area contributed by atoms with Crippen LogP contribution in [0.15, 0.2) is 59.4 Å². The van der Waals surface area contributed by atoms with E-state index in [1.54, 1.807) is 18.2 Å². The fraction of sp³-hybridized carbons (Fsp3) is 0.167. The maximum atomic E-state index is 12.3. The number of sulfonamides is 1. The number of nitro groups is 1. The number of hydrogen-bond acceptors (Lipinski definition) is 8. The molecule has 0 aliphatic rings. The number of nitrogens with one attached hydrogen (secondary N) is 1. The number of nitrogens with zero attached hydrogens (tertiary/aromatic N) is 3. The molecule has 0 aromatic heterocycles. The van der Waals surface area contributed by atoms with Gasteiger partial charge in [0, 0.05) is 18.6 Å². The molecule has 0 bridgehead atoms. The van der Waals surface area contributed by atoms with Gasteiger partial charge in [0.25, 0.3) is 15.7 Å². The molecular weight excluding hydrogens is 416 g/mol. The number of aliphatic hydroxyl groups excluding tert-OH is 1. The molecule has 2 N–H and O–H groups in total. The Morgan fingerprint density at radius 1 is 1.23 bits per heavy atom. The van der Waals surface area contributed by atoms with E-state index < -0.39 is 26.8 Å². The summed E-state index contributed by atoms with van der Waals surface area (Å²) in [5.41, 5.74) is 0.267. The Morgan fingerprint density at radius 3 is 2.43 bits per heavy atom. The number of non-ortho nitro benzene ring substituents is 1. The van der Waals surface area contributed by atoms with Gasteiger partial charge in [0.1, 0.15) is 0 Å². The number of diazo groups is 1. The van der Waals surface area contributed by atoms with E-state index in [1.807, 2.05) is 4.72 Å². The Hall–Kier alpha value is -3.98. The highest BCUT2D eigenvalue weighted by Gasteiger charge is 2.26. The van der Waals surface area contributed by atoms with E-state index >= 15 is 0 Å². The maximum absolute atomic E-state index is 12.3. The van der Waals surface area contributed by atoms with Crippen molar-refractivity contribution >= 4 is 27.3 Å². The van der Waals surface area contributed by atoms with Gasteiger partial charge in [-0.2, -0.15) is 0 Å². The maximum Gasteiger partial charge on any atom is 0.471 e. The number of carbonyl (C=O) groups is 1. The molecular formula is C18H17N4O7S+.